The van der Waals surface area contributed by atoms with Crippen molar-refractivity contribution in [1.29, 1.82) is 0 Å². The van der Waals surface area contributed by atoms with Crippen molar-refractivity contribution >= 4 is 83.9 Å². The van der Waals surface area contributed by atoms with Crippen LogP contribution in [0, 0.1) is 37.7 Å². The number of nitro benzene ring substituents is 2. The van der Waals surface area contributed by atoms with Gasteiger partial charge in [-0.25, -0.2) is 8.78 Å². The van der Waals surface area contributed by atoms with Gasteiger partial charge in [0.2, 0.25) is 11.7 Å². The van der Waals surface area contributed by atoms with Gasteiger partial charge >= 0.3 is 11.7 Å². The van der Waals surface area contributed by atoms with E-state index in [2.05, 4.69) is 59.2 Å². The molecule has 3 aliphatic rings. The maximum atomic E-state index is 14.1. The predicted molar refractivity (Wildman–Crippen MR) is 285 cm³/mol. The molecule has 3 N–H and O–H groups in total. The summed E-state index contributed by atoms with van der Waals surface area (Å²) in [5.41, 5.74) is 1.76. The van der Waals surface area contributed by atoms with Crippen molar-refractivity contribution in [2.75, 3.05) is 74.4 Å². The Morgan fingerprint density at radius 2 is 1.22 bits per heavy atom. The minimum absolute atomic E-state index is 0.0924. The van der Waals surface area contributed by atoms with Crippen LogP contribution in [0.25, 0.3) is 0 Å². The molecular weight excluding hydrogens is 1110 g/mol. The second-order valence-electron chi connectivity index (χ2n) is 17.5. The van der Waals surface area contributed by atoms with E-state index >= 15 is 0 Å². The molecule has 73 heavy (non-hydrogen) atoms. The minimum Gasteiger partial charge on any atom is -0.480 e. The summed E-state index contributed by atoms with van der Waals surface area (Å²) in [6.07, 6.45) is 5.66. The van der Waals surface area contributed by atoms with E-state index in [0.29, 0.717) is 46.5 Å². The lowest BCUT2D eigenvalue weighted by atomic mass is 10.1. The Balaban J connectivity index is 0.000000245. The van der Waals surface area contributed by atoms with Crippen LogP contribution in [0.15, 0.2) is 86.6 Å². The van der Waals surface area contributed by atoms with Gasteiger partial charge in [0.1, 0.15) is 22.1 Å². The number of carboxylic acids is 1. The topological polar surface area (TPSA) is 199 Å². The number of nitrogens with zero attached hydrogens (tertiary/aromatic N) is 4. The number of amides is 1. The summed E-state index contributed by atoms with van der Waals surface area (Å²) in [7, 11) is 0. The molecule has 0 aliphatic carbocycles. The van der Waals surface area contributed by atoms with E-state index in [1.807, 2.05) is 38.1 Å². The van der Waals surface area contributed by atoms with Crippen LogP contribution in [-0.4, -0.2) is 109 Å². The quantitative estimate of drug-likeness (QED) is 0.0544. The number of carboxylic acid groups (broad SMARTS) is 1. The number of carbonyl (C=O) groups excluding carboxylic acids is 1. The Morgan fingerprint density at radius 3 is 1.71 bits per heavy atom. The summed E-state index contributed by atoms with van der Waals surface area (Å²) < 4.78 is 56.1. The first-order chi connectivity index (χ1) is 34.8. The number of nitrogens with one attached hydrogen (secondary N) is 2. The largest absolute Gasteiger partial charge is 0.480 e. The Hall–Kier alpha value is -4.84. The van der Waals surface area contributed by atoms with Crippen LogP contribution in [0.2, 0.25) is 0 Å². The molecule has 0 spiro atoms. The van der Waals surface area contributed by atoms with E-state index in [4.69, 9.17) is 14.2 Å². The number of rotatable bonds is 16. The van der Waals surface area contributed by atoms with Gasteiger partial charge < -0.3 is 39.8 Å². The summed E-state index contributed by atoms with van der Waals surface area (Å²) in [6.45, 7) is 16.6. The molecule has 0 atom stereocenters. The van der Waals surface area contributed by atoms with Crippen molar-refractivity contribution in [2.45, 2.75) is 107 Å². The summed E-state index contributed by atoms with van der Waals surface area (Å²) in [4.78, 5) is 49.7. The van der Waals surface area contributed by atoms with E-state index < -0.39 is 44.7 Å². The highest BCUT2D eigenvalue weighted by molar-refractivity contribution is 9.10. The van der Waals surface area contributed by atoms with E-state index in [0.717, 1.165) is 106 Å². The summed E-state index contributed by atoms with van der Waals surface area (Å²) in [6, 6.07) is 18.7. The third kappa shape index (κ3) is 19.4. The lowest BCUT2D eigenvalue weighted by Crippen LogP contribution is -2.40. The van der Waals surface area contributed by atoms with Gasteiger partial charge in [-0.2, -0.15) is 4.39 Å². The highest BCUT2D eigenvalue weighted by atomic mass is 79.9. The standard InChI is InChI=1S/C25H30F2N2O4S.C13H17BrN2O3.C7H15NO.C6H3BrFNO2/c1-4-29(18-9-11-33-12-10-18)22-8-7-19(34-25(2,3)24(31)32)15-21(22)28-23(30)13-16-5-6-17(26)14-20(16)27;1-2-15(11-5-7-19-8-6-11)12-4-3-10(14)9-13(12)16(17)18;1-2-8-7-3-5-9-6-4-7;7-4-1-2-5(8)6(3-4)9(10)11/h5-8,14-15,18H,4,9-13H2,1-3H3,(H,28,30)(H,31,32);3-4,9,11H,2,5-8H2,1H3;7-8H,2-6H2,1H3;1-3H. The molecule has 3 saturated heterocycles. The van der Waals surface area contributed by atoms with Crippen LogP contribution in [0.3, 0.4) is 0 Å². The molecule has 0 aromatic heterocycles. The molecule has 0 saturated carbocycles. The van der Waals surface area contributed by atoms with Crippen molar-refractivity contribution in [3.63, 3.8) is 0 Å². The van der Waals surface area contributed by atoms with Crippen LogP contribution in [0.1, 0.15) is 78.7 Å². The number of halogens is 5. The monoisotopic (exact) mass is 1170 g/mol. The second-order valence-corrected chi connectivity index (χ2v) is 21.0. The SMILES string of the molecule is CCN(c1ccc(Br)cc1[N+](=O)[O-])C1CCOCC1.CCN(c1ccc(SC(C)(C)C(=O)O)cc1NC(=O)Cc1ccc(F)cc1F)C1CCOCC1.CCNC1CCOCC1.O=[N+]([O-])c1cc(Br)ccc1F. The Kier molecular flexibility index (Phi) is 25.4. The zero-order valence-corrected chi connectivity index (χ0v) is 45.7. The van der Waals surface area contributed by atoms with Crippen molar-refractivity contribution in [3.8, 4) is 0 Å². The number of carbonyl (C=O) groups is 2. The number of thioether (sulfide) groups is 1. The number of aliphatic carboxylic acids is 1. The Bertz CT molecular complexity index is 2440. The van der Waals surface area contributed by atoms with Crippen LogP contribution in [0.4, 0.5) is 41.6 Å². The van der Waals surface area contributed by atoms with E-state index in [1.165, 1.54) is 36.7 Å². The number of hydrogen-bond acceptors (Lipinski definition) is 13. The first-order valence-corrected chi connectivity index (χ1v) is 26.5. The first-order valence-electron chi connectivity index (χ1n) is 24.1. The van der Waals surface area contributed by atoms with Crippen molar-refractivity contribution in [3.05, 3.63) is 125 Å². The van der Waals surface area contributed by atoms with Crippen LogP contribution in [-0.2, 0) is 30.2 Å². The molecular formula is C51H65Br2F3N6O10S. The van der Waals surface area contributed by atoms with Crippen molar-refractivity contribution in [1.82, 2.24) is 5.32 Å². The zero-order valence-electron chi connectivity index (χ0n) is 41.7. The van der Waals surface area contributed by atoms with Crippen LogP contribution in [0.5, 0.6) is 0 Å². The minimum atomic E-state index is -1.06. The van der Waals surface area contributed by atoms with Crippen molar-refractivity contribution in [2.24, 2.45) is 0 Å². The predicted octanol–water partition coefficient (Wildman–Crippen LogP) is 11.7. The Morgan fingerprint density at radius 1 is 0.712 bits per heavy atom. The zero-order chi connectivity index (χ0) is 53.7. The second kappa shape index (κ2) is 30.5. The highest BCUT2D eigenvalue weighted by Crippen LogP contribution is 2.39. The van der Waals surface area contributed by atoms with Gasteiger partial charge in [0.25, 0.3) is 5.69 Å². The Labute approximate surface area is 445 Å². The smallest absolute Gasteiger partial charge is 0.319 e. The number of ether oxygens (including phenoxy) is 3. The van der Waals surface area contributed by atoms with E-state index in [9.17, 15) is 48.1 Å². The van der Waals surface area contributed by atoms with E-state index in [-0.39, 0.29) is 28.6 Å². The number of nitro groups is 2. The highest BCUT2D eigenvalue weighted by Gasteiger charge is 2.30. The maximum Gasteiger partial charge on any atom is 0.319 e. The molecule has 1 amide bonds. The molecule has 22 heteroatoms. The third-order valence-corrected chi connectivity index (χ3v) is 14.2. The molecule has 4 aromatic carbocycles. The molecule has 3 aliphatic heterocycles. The van der Waals surface area contributed by atoms with Gasteiger partial charge in [-0.1, -0.05) is 44.8 Å². The van der Waals surface area contributed by atoms with Gasteiger partial charge in [0.05, 0.1) is 27.6 Å². The molecule has 400 valence electrons. The average molecular weight is 1170 g/mol. The summed E-state index contributed by atoms with van der Waals surface area (Å²) >= 11 is 7.46. The number of hydrogen-bond donors (Lipinski definition) is 3. The fourth-order valence-corrected chi connectivity index (χ4v) is 9.93. The number of benzene rings is 4. The van der Waals surface area contributed by atoms with Crippen LogP contribution >= 0.6 is 43.6 Å². The lowest BCUT2D eigenvalue weighted by molar-refractivity contribution is -0.387. The molecule has 4 aromatic rings. The molecule has 0 bridgehead atoms. The van der Waals surface area contributed by atoms with Gasteiger partial charge in [-0.15, -0.1) is 11.8 Å². The molecule has 0 unspecified atom stereocenters. The van der Waals surface area contributed by atoms with Gasteiger partial charge in [-0.05, 0) is 127 Å². The van der Waals surface area contributed by atoms with Gasteiger partial charge in [-0.3, -0.25) is 29.8 Å². The number of anilines is 3. The average Bonchev–Trinajstić information content (AvgIpc) is 3.36. The fraction of sp³-hybridized carbons (Fsp3) is 0.490. The van der Waals surface area contributed by atoms with Crippen molar-refractivity contribution < 1.29 is 51.9 Å². The molecule has 3 heterocycles. The summed E-state index contributed by atoms with van der Waals surface area (Å²) in [5, 5.41) is 37.1. The normalized spacial score (nSPS) is 15.3. The van der Waals surface area contributed by atoms with Crippen LogP contribution < -0.4 is 20.4 Å². The third-order valence-electron chi connectivity index (χ3n) is 12.0. The molecule has 16 nitrogen and oxygen atoms in total. The lowest BCUT2D eigenvalue weighted by Gasteiger charge is -2.36. The maximum absolute atomic E-state index is 14.1. The van der Waals surface area contributed by atoms with Gasteiger partial charge in [0, 0.05) is 103 Å². The molecule has 3 fully saturated rings. The summed E-state index contributed by atoms with van der Waals surface area (Å²) in [5.74, 6) is -3.70. The fourth-order valence-electron chi connectivity index (χ4n) is 8.25. The molecule has 7 rings (SSSR count). The molecule has 0 radical (unpaired) electrons. The first kappa shape index (κ1) is 60.7. The van der Waals surface area contributed by atoms with E-state index in [1.54, 1.807) is 26.0 Å². The van der Waals surface area contributed by atoms with Gasteiger partial charge in [0.15, 0.2) is 0 Å².